The van der Waals surface area contributed by atoms with Gasteiger partial charge in [-0.1, -0.05) is 6.42 Å². The Hall–Kier alpha value is -1.13. The van der Waals surface area contributed by atoms with Crippen LogP contribution in [0, 0.1) is 5.82 Å². The normalized spacial score (nSPS) is 28.6. The molecular weight excluding hydrogens is 233 g/mol. The van der Waals surface area contributed by atoms with Crippen molar-refractivity contribution in [3.63, 3.8) is 0 Å². The summed E-state index contributed by atoms with van der Waals surface area (Å²) in [5.41, 5.74) is 0.788. The lowest BCUT2D eigenvalue weighted by Gasteiger charge is -2.40. The highest BCUT2D eigenvalue weighted by atomic mass is 19.1. The molecule has 0 radical (unpaired) electrons. The summed E-state index contributed by atoms with van der Waals surface area (Å²) in [6.45, 7) is 2.23. The average molecular weight is 251 g/mol. The number of aliphatic hydroxyl groups is 1. The van der Waals surface area contributed by atoms with Gasteiger partial charge in [-0.15, -0.1) is 0 Å². The molecule has 0 saturated carbocycles. The van der Waals surface area contributed by atoms with Crippen molar-refractivity contribution >= 4 is 0 Å². The van der Waals surface area contributed by atoms with Gasteiger partial charge in [-0.2, -0.15) is 0 Å². The first-order chi connectivity index (χ1) is 8.75. The Bertz CT molecular complexity index is 432. The van der Waals surface area contributed by atoms with Crippen LogP contribution in [-0.2, 0) is 0 Å². The number of likely N-dealkylation sites (tertiary alicyclic amines) is 1. The molecule has 98 valence electrons. The molecule has 3 nitrogen and oxygen atoms in total. The van der Waals surface area contributed by atoms with E-state index in [-0.39, 0.29) is 11.9 Å². The third-order valence-electron chi connectivity index (χ3n) is 3.85. The second kappa shape index (κ2) is 4.86. The molecule has 0 aromatic heterocycles. The number of nitrogens with zero attached hydrogens (tertiary/aromatic N) is 1. The minimum absolute atomic E-state index is 0.121. The van der Waals surface area contributed by atoms with Crippen LogP contribution in [0.5, 0.6) is 5.75 Å². The number of hydrogen-bond acceptors (Lipinski definition) is 3. The lowest BCUT2D eigenvalue weighted by Crippen LogP contribution is -2.44. The topological polar surface area (TPSA) is 32.7 Å². The Labute approximate surface area is 106 Å². The molecule has 1 aromatic carbocycles. The number of piperidine rings is 1. The van der Waals surface area contributed by atoms with Crippen LogP contribution in [0.15, 0.2) is 18.2 Å². The molecule has 2 aliphatic rings. The van der Waals surface area contributed by atoms with E-state index in [1.54, 1.807) is 6.07 Å². The van der Waals surface area contributed by atoms with Gasteiger partial charge in [-0.25, -0.2) is 4.39 Å². The maximum absolute atomic E-state index is 13.4. The summed E-state index contributed by atoms with van der Waals surface area (Å²) in [5, 5.41) is 10.2. The van der Waals surface area contributed by atoms with Gasteiger partial charge in [0.05, 0.1) is 6.04 Å². The van der Waals surface area contributed by atoms with Crippen molar-refractivity contribution < 1.29 is 14.2 Å². The second-order valence-electron chi connectivity index (χ2n) is 5.10. The van der Waals surface area contributed by atoms with E-state index in [2.05, 4.69) is 4.90 Å². The molecule has 1 aromatic rings. The third-order valence-corrected chi connectivity index (χ3v) is 3.85. The number of hydrogen-bond donors (Lipinski definition) is 1. The number of aliphatic hydroxyl groups excluding tert-OH is 1. The number of rotatable bonds is 1. The smallest absolute Gasteiger partial charge is 0.124 e. The van der Waals surface area contributed by atoms with Crippen molar-refractivity contribution in [1.29, 1.82) is 0 Å². The molecule has 4 heteroatoms. The van der Waals surface area contributed by atoms with Gasteiger partial charge in [0.25, 0.3) is 0 Å². The maximum atomic E-state index is 13.4. The maximum Gasteiger partial charge on any atom is 0.124 e. The number of benzene rings is 1. The molecule has 1 saturated heterocycles. The van der Waals surface area contributed by atoms with Gasteiger partial charge in [0, 0.05) is 5.56 Å². The quantitative estimate of drug-likeness (QED) is 0.829. The predicted molar refractivity (Wildman–Crippen MR) is 66.1 cm³/mol. The minimum atomic E-state index is -0.572. The zero-order valence-electron chi connectivity index (χ0n) is 10.3. The summed E-state index contributed by atoms with van der Waals surface area (Å²) in [5.74, 6) is 0.436. The minimum Gasteiger partial charge on any atom is -0.490 e. The predicted octanol–water partition coefficient (Wildman–Crippen LogP) is 2.11. The molecular formula is C14H18FNO2. The fraction of sp³-hybridized carbons (Fsp3) is 0.571. The fourth-order valence-corrected chi connectivity index (χ4v) is 2.99. The summed E-state index contributed by atoms with van der Waals surface area (Å²) >= 11 is 0. The summed E-state index contributed by atoms with van der Waals surface area (Å²) in [7, 11) is 0. The van der Waals surface area contributed by atoms with Gasteiger partial charge >= 0.3 is 0 Å². The van der Waals surface area contributed by atoms with E-state index in [9.17, 15) is 9.50 Å². The Morgan fingerprint density at radius 2 is 2.00 bits per heavy atom. The van der Waals surface area contributed by atoms with E-state index in [0.29, 0.717) is 12.4 Å². The lowest BCUT2D eigenvalue weighted by molar-refractivity contribution is -0.00693. The van der Waals surface area contributed by atoms with Crippen LogP contribution in [0.4, 0.5) is 4.39 Å². The molecule has 0 amide bonds. The van der Waals surface area contributed by atoms with E-state index in [1.807, 2.05) is 0 Å². The zero-order chi connectivity index (χ0) is 12.5. The van der Waals surface area contributed by atoms with Crippen molar-refractivity contribution in [2.75, 3.05) is 19.7 Å². The molecule has 1 N–H and O–H groups in total. The van der Waals surface area contributed by atoms with Gasteiger partial charge in [0.2, 0.25) is 0 Å². The van der Waals surface area contributed by atoms with Crippen LogP contribution >= 0.6 is 0 Å². The number of fused-ring (bicyclic) bond motifs is 1. The first-order valence-electron chi connectivity index (χ1n) is 6.60. The molecule has 0 spiro atoms. The van der Waals surface area contributed by atoms with E-state index < -0.39 is 6.10 Å². The first-order valence-corrected chi connectivity index (χ1v) is 6.60. The largest absolute Gasteiger partial charge is 0.490 e. The van der Waals surface area contributed by atoms with E-state index >= 15 is 0 Å². The van der Waals surface area contributed by atoms with E-state index in [4.69, 9.17) is 4.74 Å². The first kappa shape index (κ1) is 11.9. The zero-order valence-corrected chi connectivity index (χ0v) is 10.3. The van der Waals surface area contributed by atoms with Gasteiger partial charge < -0.3 is 9.84 Å². The van der Waals surface area contributed by atoms with Gasteiger partial charge in [-0.3, -0.25) is 4.90 Å². The van der Waals surface area contributed by atoms with Crippen LogP contribution in [0.1, 0.15) is 30.9 Å². The van der Waals surface area contributed by atoms with Crippen molar-refractivity contribution in [2.45, 2.75) is 31.4 Å². The van der Waals surface area contributed by atoms with Gasteiger partial charge in [0.1, 0.15) is 24.3 Å². The van der Waals surface area contributed by atoms with Crippen LogP contribution in [0.2, 0.25) is 0 Å². The van der Waals surface area contributed by atoms with Crippen LogP contribution in [0.3, 0.4) is 0 Å². The highest BCUT2D eigenvalue weighted by Gasteiger charge is 2.34. The highest BCUT2D eigenvalue weighted by molar-refractivity contribution is 5.39. The van der Waals surface area contributed by atoms with Crippen LogP contribution in [0.25, 0.3) is 0 Å². The van der Waals surface area contributed by atoms with Crippen molar-refractivity contribution in [3.8, 4) is 5.75 Å². The second-order valence-corrected chi connectivity index (χ2v) is 5.10. The van der Waals surface area contributed by atoms with E-state index in [0.717, 1.165) is 31.5 Å². The molecule has 2 heterocycles. The van der Waals surface area contributed by atoms with Crippen molar-refractivity contribution in [1.82, 2.24) is 4.90 Å². The Morgan fingerprint density at radius 3 is 2.78 bits per heavy atom. The van der Waals surface area contributed by atoms with Crippen LogP contribution in [-0.4, -0.2) is 35.8 Å². The lowest BCUT2D eigenvalue weighted by atomic mass is 9.94. The molecule has 3 rings (SSSR count). The third kappa shape index (κ3) is 2.10. The molecule has 0 bridgehead atoms. The molecule has 0 aliphatic carbocycles. The van der Waals surface area contributed by atoms with Crippen LogP contribution < -0.4 is 4.74 Å². The Balaban J connectivity index is 1.95. The Kier molecular flexibility index (Phi) is 3.22. The fourth-order valence-electron chi connectivity index (χ4n) is 2.99. The number of halogens is 1. The summed E-state index contributed by atoms with van der Waals surface area (Å²) < 4.78 is 18.9. The van der Waals surface area contributed by atoms with Gasteiger partial charge in [0.15, 0.2) is 0 Å². The van der Waals surface area contributed by atoms with Crippen molar-refractivity contribution in [2.24, 2.45) is 0 Å². The molecule has 2 unspecified atom stereocenters. The molecule has 2 aliphatic heterocycles. The summed E-state index contributed by atoms with van der Waals surface area (Å²) in [6, 6.07) is 4.44. The standard InChI is InChI=1S/C14H18FNO2/c15-10-4-5-13-11(8-10)14(12(17)9-18-13)16-6-2-1-3-7-16/h4-5,8,12,14,17H,1-3,6-7,9H2. The average Bonchev–Trinajstić information content (AvgIpc) is 2.39. The Morgan fingerprint density at radius 1 is 1.22 bits per heavy atom. The van der Waals surface area contributed by atoms with Crippen molar-refractivity contribution in [3.05, 3.63) is 29.6 Å². The monoisotopic (exact) mass is 251 g/mol. The SMILES string of the molecule is OC1COc2ccc(F)cc2C1N1CCCCC1. The molecule has 18 heavy (non-hydrogen) atoms. The summed E-state index contributed by atoms with van der Waals surface area (Å²) in [4.78, 5) is 2.26. The summed E-state index contributed by atoms with van der Waals surface area (Å²) in [6.07, 6.45) is 2.97. The number of ether oxygens (including phenoxy) is 1. The van der Waals surface area contributed by atoms with Gasteiger partial charge in [-0.05, 0) is 44.1 Å². The van der Waals surface area contributed by atoms with E-state index in [1.165, 1.54) is 18.6 Å². The molecule has 2 atom stereocenters. The molecule has 1 fully saturated rings. The highest BCUT2D eigenvalue weighted by Crippen LogP contribution is 2.37.